The highest BCUT2D eigenvalue weighted by Crippen LogP contribution is 2.33. The minimum atomic E-state index is -0.144. The molecule has 0 fully saturated rings. The number of amides is 2. The van der Waals surface area contributed by atoms with Crippen LogP contribution in [0, 0.1) is 13.8 Å². The largest absolute Gasteiger partial charge is 0.493 e. The number of nitrogens with zero attached hydrogens (tertiary/aromatic N) is 2. The normalized spacial score (nSPS) is 12.9. The highest BCUT2D eigenvalue weighted by molar-refractivity contribution is 5.98. The van der Waals surface area contributed by atoms with Crippen LogP contribution in [-0.4, -0.2) is 44.0 Å². The van der Waals surface area contributed by atoms with Crippen LogP contribution in [0.15, 0.2) is 30.3 Å². The lowest BCUT2D eigenvalue weighted by atomic mass is 9.98. The first-order chi connectivity index (χ1) is 13.8. The summed E-state index contributed by atoms with van der Waals surface area (Å²) in [6, 6.07) is 9.79. The maximum Gasteiger partial charge on any atom is 0.242 e. The Morgan fingerprint density at radius 2 is 1.69 bits per heavy atom. The first-order valence-corrected chi connectivity index (χ1v) is 9.71. The Morgan fingerprint density at radius 3 is 2.28 bits per heavy atom. The van der Waals surface area contributed by atoms with Crippen molar-refractivity contribution < 1.29 is 19.1 Å². The molecule has 0 spiro atoms. The van der Waals surface area contributed by atoms with Gasteiger partial charge in [0.05, 0.1) is 14.2 Å². The second-order valence-electron chi connectivity index (χ2n) is 7.44. The number of anilines is 1. The zero-order valence-electron chi connectivity index (χ0n) is 17.7. The third-order valence-electron chi connectivity index (χ3n) is 5.39. The molecule has 0 unspecified atom stereocenters. The van der Waals surface area contributed by atoms with Crippen LogP contribution in [0.5, 0.6) is 11.5 Å². The Kier molecular flexibility index (Phi) is 6.11. The summed E-state index contributed by atoms with van der Waals surface area (Å²) in [6.07, 6.45) is 0.741. The third-order valence-corrected chi connectivity index (χ3v) is 5.39. The molecule has 2 aromatic rings. The maximum atomic E-state index is 13.0. The van der Waals surface area contributed by atoms with Gasteiger partial charge in [0, 0.05) is 25.7 Å². The van der Waals surface area contributed by atoms with Crippen LogP contribution in [0.1, 0.15) is 29.2 Å². The molecule has 1 heterocycles. The summed E-state index contributed by atoms with van der Waals surface area (Å²) in [6.45, 7) is 6.60. The number of carbonyl (C=O) groups excluding carboxylic acids is 2. The standard InChI is InChI=1S/C23H28N2O4/c1-15-6-7-20(16(2)10-15)25(17(3)26)14-23(27)24-9-8-18-11-21(28-4)22(29-5)12-19(18)13-24/h6-7,10-12H,8-9,13-14H2,1-5H3. The van der Waals surface area contributed by atoms with E-state index in [0.717, 1.165) is 34.4 Å². The van der Waals surface area contributed by atoms with Crippen LogP contribution >= 0.6 is 0 Å². The molecule has 2 amide bonds. The number of aryl methyl sites for hydroxylation is 2. The van der Waals surface area contributed by atoms with E-state index in [2.05, 4.69) is 0 Å². The van der Waals surface area contributed by atoms with Crippen LogP contribution in [0.3, 0.4) is 0 Å². The van der Waals surface area contributed by atoms with Gasteiger partial charge in [-0.2, -0.15) is 0 Å². The Hall–Kier alpha value is -3.02. The number of hydrogen-bond acceptors (Lipinski definition) is 4. The average Bonchev–Trinajstić information content (AvgIpc) is 2.70. The van der Waals surface area contributed by atoms with Gasteiger partial charge in [0.15, 0.2) is 11.5 Å². The molecule has 0 bridgehead atoms. The number of methoxy groups -OCH3 is 2. The molecule has 6 nitrogen and oxygen atoms in total. The number of benzene rings is 2. The molecule has 0 aromatic heterocycles. The number of fused-ring (bicyclic) bond motifs is 1. The van der Waals surface area contributed by atoms with Crippen molar-refractivity contribution in [1.82, 2.24) is 4.90 Å². The van der Waals surface area contributed by atoms with Gasteiger partial charge in [-0.25, -0.2) is 0 Å². The highest BCUT2D eigenvalue weighted by atomic mass is 16.5. The average molecular weight is 396 g/mol. The minimum absolute atomic E-state index is 0.0296. The van der Waals surface area contributed by atoms with Gasteiger partial charge in [0.2, 0.25) is 11.8 Å². The molecule has 1 aliphatic rings. The second kappa shape index (κ2) is 8.55. The van der Waals surface area contributed by atoms with Crippen molar-refractivity contribution >= 4 is 17.5 Å². The number of rotatable bonds is 5. The summed E-state index contributed by atoms with van der Waals surface area (Å²) in [5.74, 6) is 1.14. The fraction of sp³-hybridized carbons (Fsp3) is 0.391. The predicted octanol–water partition coefficient (Wildman–Crippen LogP) is 3.26. The predicted molar refractivity (Wildman–Crippen MR) is 113 cm³/mol. The SMILES string of the molecule is COc1cc2c(cc1OC)CN(C(=O)CN(C(C)=O)c1ccc(C)cc1C)CC2. The van der Waals surface area contributed by atoms with Gasteiger partial charge >= 0.3 is 0 Å². The molecule has 0 atom stereocenters. The van der Waals surface area contributed by atoms with Crippen molar-refractivity contribution in [2.24, 2.45) is 0 Å². The molecule has 3 rings (SSSR count). The van der Waals surface area contributed by atoms with Gasteiger partial charge in [0.1, 0.15) is 6.54 Å². The van der Waals surface area contributed by atoms with Gasteiger partial charge in [-0.1, -0.05) is 17.7 Å². The third kappa shape index (κ3) is 4.36. The van der Waals surface area contributed by atoms with Gasteiger partial charge in [0.25, 0.3) is 0 Å². The van der Waals surface area contributed by atoms with Crippen molar-refractivity contribution in [2.45, 2.75) is 33.7 Å². The Bertz CT molecular complexity index is 939. The Labute approximate surface area is 172 Å². The van der Waals surface area contributed by atoms with Crippen LogP contribution in [0.25, 0.3) is 0 Å². The van der Waals surface area contributed by atoms with Gasteiger partial charge in [-0.3, -0.25) is 9.59 Å². The molecule has 0 saturated heterocycles. The van der Waals surface area contributed by atoms with Crippen molar-refractivity contribution in [2.75, 3.05) is 32.2 Å². The van der Waals surface area contributed by atoms with E-state index in [1.54, 1.807) is 24.0 Å². The topological polar surface area (TPSA) is 59.1 Å². The second-order valence-corrected chi connectivity index (χ2v) is 7.44. The molecular formula is C23H28N2O4. The van der Waals surface area contributed by atoms with E-state index in [1.807, 2.05) is 44.2 Å². The molecule has 154 valence electrons. The molecule has 1 aliphatic heterocycles. The van der Waals surface area contributed by atoms with Gasteiger partial charge in [-0.15, -0.1) is 0 Å². The molecule has 0 saturated carbocycles. The summed E-state index contributed by atoms with van der Waals surface area (Å²) in [4.78, 5) is 28.7. The minimum Gasteiger partial charge on any atom is -0.493 e. The summed E-state index contributed by atoms with van der Waals surface area (Å²) >= 11 is 0. The summed E-state index contributed by atoms with van der Waals surface area (Å²) in [7, 11) is 3.22. The van der Waals surface area contributed by atoms with Crippen LogP contribution < -0.4 is 14.4 Å². The summed E-state index contributed by atoms with van der Waals surface area (Å²) in [5.41, 5.74) is 5.08. The van der Waals surface area contributed by atoms with Crippen LogP contribution in [0.2, 0.25) is 0 Å². The Balaban J connectivity index is 1.79. The van der Waals surface area contributed by atoms with E-state index < -0.39 is 0 Å². The van der Waals surface area contributed by atoms with E-state index in [1.165, 1.54) is 6.92 Å². The maximum absolute atomic E-state index is 13.0. The smallest absolute Gasteiger partial charge is 0.242 e. The lowest BCUT2D eigenvalue weighted by molar-refractivity contribution is -0.132. The van der Waals surface area contributed by atoms with E-state index in [9.17, 15) is 9.59 Å². The zero-order valence-corrected chi connectivity index (χ0v) is 17.7. The summed E-state index contributed by atoms with van der Waals surface area (Å²) in [5, 5.41) is 0. The molecular weight excluding hydrogens is 368 g/mol. The zero-order chi connectivity index (χ0) is 21.1. The fourth-order valence-corrected chi connectivity index (χ4v) is 3.81. The monoisotopic (exact) mass is 396 g/mol. The number of carbonyl (C=O) groups is 2. The molecule has 0 N–H and O–H groups in total. The molecule has 2 aromatic carbocycles. The van der Waals surface area contributed by atoms with E-state index >= 15 is 0 Å². The Morgan fingerprint density at radius 1 is 1.03 bits per heavy atom. The van der Waals surface area contributed by atoms with Gasteiger partial charge in [-0.05, 0) is 55.2 Å². The van der Waals surface area contributed by atoms with E-state index in [-0.39, 0.29) is 18.4 Å². The summed E-state index contributed by atoms with van der Waals surface area (Å²) < 4.78 is 10.8. The highest BCUT2D eigenvalue weighted by Gasteiger charge is 2.26. The van der Waals surface area contributed by atoms with E-state index in [0.29, 0.717) is 24.6 Å². The van der Waals surface area contributed by atoms with Crippen molar-refractivity contribution in [1.29, 1.82) is 0 Å². The molecule has 0 aliphatic carbocycles. The molecule has 29 heavy (non-hydrogen) atoms. The first-order valence-electron chi connectivity index (χ1n) is 9.71. The van der Waals surface area contributed by atoms with Crippen molar-refractivity contribution in [3.63, 3.8) is 0 Å². The lowest BCUT2D eigenvalue weighted by Crippen LogP contribution is -2.44. The van der Waals surface area contributed by atoms with E-state index in [4.69, 9.17) is 9.47 Å². The lowest BCUT2D eigenvalue weighted by Gasteiger charge is -2.32. The molecule has 6 heteroatoms. The molecule has 0 radical (unpaired) electrons. The van der Waals surface area contributed by atoms with Crippen LogP contribution in [-0.2, 0) is 22.6 Å². The number of hydrogen-bond donors (Lipinski definition) is 0. The van der Waals surface area contributed by atoms with Gasteiger partial charge < -0.3 is 19.3 Å². The van der Waals surface area contributed by atoms with Crippen molar-refractivity contribution in [3.05, 3.63) is 52.6 Å². The van der Waals surface area contributed by atoms with Crippen molar-refractivity contribution in [3.8, 4) is 11.5 Å². The number of ether oxygens (including phenoxy) is 2. The first kappa shape index (κ1) is 20.7. The fourth-order valence-electron chi connectivity index (χ4n) is 3.81. The quantitative estimate of drug-likeness (QED) is 0.778. The van der Waals surface area contributed by atoms with Crippen LogP contribution in [0.4, 0.5) is 5.69 Å².